The Kier molecular flexibility index (Phi) is 10.5. The van der Waals surface area contributed by atoms with E-state index >= 15 is 0 Å². The summed E-state index contributed by atoms with van der Waals surface area (Å²) in [5.74, 6) is 0.547. The Labute approximate surface area is 241 Å². The number of ether oxygens (including phenoxy) is 3. The number of benzene rings is 2. The molecule has 8 nitrogen and oxygen atoms in total. The highest BCUT2D eigenvalue weighted by molar-refractivity contribution is 6.74. The van der Waals surface area contributed by atoms with Gasteiger partial charge in [0, 0.05) is 5.69 Å². The maximum atomic E-state index is 13.4. The van der Waals surface area contributed by atoms with Crippen LogP contribution in [-0.2, 0) is 27.1 Å². The number of carbonyl (C=O) groups is 2. The Morgan fingerprint density at radius 2 is 1.38 bits per heavy atom. The van der Waals surface area contributed by atoms with E-state index in [1.165, 1.54) is 0 Å². The fourth-order valence-corrected chi connectivity index (χ4v) is 4.34. The molecule has 2 aromatic rings. The first kappa shape index (κ1) is 33.2. The van der Waals surface area contributed by atoms with Crippen LogP contribution in [0.25, 0.3) is 0 Å². The van der Waals surface area contributed by atoms with E-state index < -0.39 is 31.7 Å². The molecule has 0 heterocycles. The second-order valence-corrected chi connectivity index (χ2v) is 18.3. The van der Waals surface area contributed by atoms with Crippen LogP contribution in [0.4, 0.5) is 21.0 Å². The molecule has 0 saturated heterocycles. The first-order chi connectivity index (χ1) is 18.2. The molecule has 2 rings (SSSR count). The summed E-state index contributed by atoms with van der Waals surface area (Å²) in [5.41, 5.74) is 1.71. The third-order valence-corrected chi connectivity index (χ3v) is 11.0. The first-order valence-corrected chi connectivity index (χ1v) is 16.5. The van der Waals surface area contributed by atoms with Gasteiger partial charge < -0.3 is 18.6 Å². The van der Waals surface area contributed by atoms with Crippen molar-refractivity contribution in [1.29, 1.82) is 0 Å². The van der Waals surface area contributed by atoms with Gasteiger partial charge in [0.15, 0.2) is 8.32 Å². The van der Waals surface area contributed by atoms with Gasteiger partial charge in [-0.25, -0.2) is 9.59 Å². The Balaban J connectivity index is 2.32. The Morgan fingerprint density at radius 1 is 0.825 bits per heavy atom. The minimum atomic E-state index is -1.93. The van der Waals surface area contributed by atoms with E-state index in [-0.39, 0.29) is 11.6 Å². The fraction of sp³-hybridized carbons (Fsp3) is 0.548. The van der Waals surface area contributed by atoms with Gasteiger partial charge in [0.2, 0.25) is 0 Å². The van der Waals surface area contributed by atoms with Crippen LogP contribution in [0.2, 0.25) is 18.1 Å². The number of carbonyl (C=O) groups excluding carboxylic acids is 2. The van der Waals surface area contributed by atoms with Crippen molar-refractivity contribution in [3.05, 3.63) is 53.6 Å². The number of anilines is 2. The van der Waals surface area contributed by atoms with Gasteiger partial charge in [0.05, 0.1) is 25.9 Å². The van der Waals surface area contributed by atoms with Gasteiger partial charge in [-0.1, -0.05) is 39.0 Å². The molecule has 0 aliphatic heterocycles. The summed E-state index contributed by atoms with van der Waals surface area (Å²) in [5, 5.41) is 2.82. The first-order valence-electron chi connectivity index (χ1n) is 13.6. The molecule has 0 aromatic heterocycles. The lowest BCUT2D eigenvalue weighted by Crippen LogP contribution is -2.40. The van der Waals surface area contributed by atoms with Crippen LogP contribution < -0.4 is 15.0 Å². The predicted molar refractivity (Wildman–Crippen MR) is 164 cm³/mol. The molecule has 2 amide bonds. The Hall–Kier alpha value is -3.04. The van der Waals surface area contributed by atoms with Crippen LogP contribution in [0.3, 0.4) is 0 Å². The lowest BCUT2D eigenvalue weighted by Gasteiger charge is -2.36. The molecule has 0 fully saturated rings. The lowest BCUT2D eigenvalue weighted by atomic mass is 10.1. The van der Waals surface area contributed by atoms with Crippen molar-refractivity contribution >= 4 is 31.9 Å². The summed E-state index contributed by atoms with van der Waals surface area (Å²) in [6.07, 6.45) is -1.02. The topological polar surface area (TPSA) is 86.3 Å². The van der Waals surface area contributed by atoms with E-state index in [9.17, 15) is 9.59 Å². The molecule has 0 radical (unpaired) electrons. The summed E-state index contributed by atoms with van der Waals surface area (Å²) in [4.78, 5) is 27.1. The van der Waals surface area contributed by atoms with Crippen molar-refractivity contribution in [3.63, 3.8) is 0 Å². The number of nitrogens with zero attached hydrogens (tertiary/aromatic N) is 1. The summed E-state index contributed by atoms with van der Waals surface area (Å²) < 4.78 is 23.2. The highest BCUT2D eigenvalue weighted by Crippen LogP contribution is 2.38. The van der Waals surface area contributed by atoms with E-state index in [0.29, 0.717) is 23.7 Å². The van der Waals surface area contributed by atoms with Gasteiger partial charge in [0.1, 0.15) is 17.0 Å². The SMILES string of the molecule is COc1cc(CO[Si](C)(C)C(C)(C)C)ccc1N(Cc1ccc(NC(=O)OC(C)(C)C)cc1)C(=O)OC(C)(C)C. The quantitative estimate of drug-likeness (QED) is 0.319. The molecule has 0 aliphatic carbocycles. The predicted octanol–water partition coefficient (Wildman–Crippen LogP) is 8.51. The van der Waals surface area contributed by atoms with Crippen LogP contribution >= 0.6 is 0 Å². The smallest absolute Gasteiger partial charge is 0.415 e. The van der Waals surface area contributed by atoms with E-state index in [1.54, 1.807) is 24.1 Å². The van der Waals surface area contributed by atoms with Crippen LogP contribution in [0, 0.1) is 0 Å². The number of nitrogens with one attached hydrogen (secondary N) is 1. The van der Waals surface area contributed by atoms with Crippen molar-refractivity contribution in [2.45, 2.75) is 105 Å². The van der Waals surface area contributed by atoms with Gasteiger partial charge in [-0.05, 0) is 95.1 Å². The van der Waals surface area contributed by atoms with Gasteiger partial charge >= 0.3 is 12.2 Å². The minimum Gasteiger partial charge on any atom is -0.495 e. The van der Waals surface area contributed by atoms with Gasteiger partial charge in [-0.3, -0.25) is 10.2 Å². The summed E-state index contributed by atoms with van der Waals surface area (Å²) >= 11 is 0. The molecule has 222 valence electrons. The van der Waals surface area contributed by atoms with Crippen molar-refractivity contribution in [2.75, 3.05) is 17.3 Å². The standard InChI is InChI=1S/C31H48N2O6Si/c1-29(2,3)38-27(34)32-24-16-13-22(14-17-24)20-33(28(35)39-30(4,5)6)25-18-15-23(19-26(25)36-10)21-37-40(11,12)31(7,8)9/h13-19H,20-21H2,1-12H3,(H,32,34). The van der Waals surface area contributed by atoms with E-state index in [1.807, 2.05) is 71.9 Å². The molecule has 0 aliphatic rings. The summed E-state index contributed by atoms with van der Waals surface area (Å²) in [7, 11) is -0.348. The molecule has 40 heavy (non-hydrogen) atoms. The number of rotatable bonds is 8. The van der Waals surface area contributed by atoms with Gasteiger partial charge in [-0.15, -0.1) is 0 Å². The third kappa shape index (κ3) is 10.2. The molecule has 9 heteroatoms. The Morgan fingerprint density at radius 3 is 1.88 bits per heavy atom. The number of hydrogen-bond donors (Lipinski definition) is 1. The van der Waals surface area contributed by atoms with Crippen LogP contribution in [0.15, 0.2) is 42.5 Å². The molecular formula is C31H48N2O6Si. The highest BCUT2D eigenvalue weighted by Gasteiger charge is 2.37. The lowest BCUT2D eigenvalue weighted by molar-refractivity contribution is 0.0574. The maximum Gasteiger partial charge on any atom is 0.415 e. The second-order valence-electron chi connectivity index (χ2n) is 13.4. The largest absolute Gasteiger partial charge is 0.495 e. The van der Waals surface area contributed by atoms with Crippen LogP contribution in [-0.4, -0.2) is 38.8 Å². The number of methoxy groups -OCH3 is 1. The van der Waals surface area contributed by atoms with Crippen molar-refractivity contribution < 1.29 is 28.2 Å². The molecule has 0 spiro atoms. The highest BCUT2D eigenvalue weighted by atomic mass is 28.4. The average molecular weight is 573 g/mol. The second kappa shape index (κ2) is 12.6. The normalized spacial score (nSPS) is 12.5. The fourth-order valence-electron chi connectivity index (χ4n) is 3.38. The number of hydrogen-bond acceptors (Lipinski definition) is 6. The molecular weight excluding hydrogens is 524 g/mol. The number of amides is 2. The third-order valence-electron chi connectivity index (χ3n) is 6.49. The minimum absolute atomic E-state index is 0.0997. The summed E-state index contributed by atoms with van der Waals surface area (Å²) in [6, 6.07) is 13.0. The molecule has 0 atom stereocenters. The van der Waals surface area contributed by atoms with Crippen LogP contribution in [0.1, 0.15) is 73.4 Å². The molecule has 0 bridgehead atoms. The van der Waals surface area contributed by atoms with Gasteiger partial charge in [0.25, 0.3) is 0 Å². The zero-order valence-corrected chi connectivity index (χ0v) is 27.4. The zero-order chi connectivity index (χ0) is 30.5. The van der Waals surface area contributed by atoms with E-state index in [0.717, 1.165) is 11.1 Å². The van der Waals surface area contributed by atoms with Crippen molar-refractivity contribution in [3.8, 4) is 5.75 Å². The van der Waals surface area contributed by atoms with Gasteiger partial charge in [-0.2, -0.15) is 0 Å². The van der Waals surface area contributed by atoms with E-state index in [2.05, 4.69) is 39.2 Å². The van der Waals surface area contributed by atoms with E-state index in [4.69, 9.17) is 18.6 Å². The zero-order valence-electron chi connectivity index (χ0n) is 26.4. The Bertz CT molecular complexity index is 1160. The molecule has 0 unspecified atom stereocenters. The molecule has 2 aromatic carbocycles. The summed E-state index contributed by atoms with van der Waals surface area (Å²) in [6.45, 7) is 22.7. The molecule has 1 N–H and O–H groups in total. The van der Waals surface area contributed by atoms with Crippen molar-refractivity contribution in [1.82, 2.24) is 0 Å². The average Bonchev–Trinajstić information content (AvgIpc) is 2.79. The van der Waals surface area contributed by atoms with Crippen molar-refractivity contribution in [2.24, 2.45) is 0 Å². The maximum absolute atomic E-state index is 13.4. The van der Waals surface area contributed by atoms with Crippen LogP contribution in [0.5, 0.6) is 5.75 Å². The molecule has 0 saturated carbocycles. The monoisotopic (exact) mass is 572 g/mol.